The number of hydrogen-bond acceptors (Lipinski definition) is 4. The summed E-state index contributed by atoms with van der Waals surface area (Å²) in [6, 6.07) is 17.5. The van der Waals surface area contributed by atoms with Crippen LogP contribution in [0.25, 0.3) is 10.8 Å². The van der Waals surface area contributed by atoms with Gasteiger partial charge in [0, 0.05) is 12.1 Å². The quantitative estimate of drug-likeness (QED) is 0.601. The maximum absolute atomic E-state index is 12.3. The van der Waals surface area contributed by atoms with Crippen molar-refractivity contribution >= 4 is 34.2 Å². The molecule has 0 bridgehead atoms. The summed E-state index contributed by atoms with van der Waals surface area (Å²) in [4.78, 5) is 25.3. The van der Waals surface area contributed by atoms with Crippen molar-refractivity contribution in [2.24, 2.45) is 0 Å². The van der Waals surface area contributed by atoms with Gasteiger partial charge in [-0.25, -0.2) is 4.79 Å². The number of nitrogens with zero attached hydrogens (tertiary/aromatic N) is 1. The molecule has 0 aliphatic heterocycles. The van der Waals surface area contributed by atoms with Gasteiger partial charge >= 0.3 is 5.97 Å². The number of carbonyl (C=O) groups is 2. The summed E-state index contributed by atoms with van der Waals surface area (Å²) in [5.74, 6) is -0.568. The number of aromatic carboxylic acids is 1. The van der Waals surface area contributed by atoms with E-state index in [2.05, 4.69) is 0 Å². The van der Waals surface area contributed by atoms with Gasteiger partial charge < -0.3 is 19.5 Å². The summed E-state index contributed by atoms with van der Waals surface area (Å²) < 4.78 is 11.1. The molecule has 0 aliphatic rings. The highest BCUT2D eigenvalue weighted by Crippen LogP contribution is 2.26. The summed E-state index contributed by atoms with van der Waals surface area (Å²) in [6.07, 6.45) is 0. The third kappa shape index (κ3) is 5.39. The molecule has 1 N–H and O–H groups in total. The number of rotatable bonds is 8. The molecular weight excluding hydrogens is 394 g/mol. The van der Waals surface area contributed by atoms with Crippen molar-refractivity contribution in [3.05, 3.63) is 71.2 Å². The van der Waals surface area contributed by atoms with Crippen molar-refractivity contribution < 1.29 is 24.2 Å². The first-order valence-corrected chi connectivity index (χ1v) is 9.33. The van der Waals surface area contributed by atoms with Crippen LogP contribution in [-0.4, -0.2) is 48.7 Å². The van der Waals surface area contributed by atoms with Gasteiger partial charge in [-0.2, -0.15) is 0 Å². The molecule has 0 saturated carbocycles. The number of fused-ring (bicyclic) bond motifs is 1. The van der Waals surface area contributed by atoms with E-state index >= 15 is 0 Å². The lowest BCUT2D eigenvalue weighted by Crippen LogP contribution is -2.34. The van der Waals surface area contributed by atoms with Crippen molar-refractivity contribution in [2.75, 3.05) is 26.8 Å². The molecule has 0 heterocycles. The van der Waals surface area contributed by atoms with Gasteiger partial charge in [0.05, 0.1) is 6.54 Å². The summed E-state index contributed by atoms with van der Waals surface area (Å²) in [6.45, 7) is 0.393. The van der Waals surface area contributed by atoms with E-state index in [4.69, 9.17) is 21.1 Å². The SMILES string of the molecule is CN(CCOc1ccc(Cl)cc1)C(=O)COc1cc2ccccc2cc1C(=O)O. The highest BCUT2D eigenvalue weighted by molar-refractivity contribution is 6.30. The number of hydrogen-bond donors (Lipinski definition) is 1. The first-order valence-electron chi connectivity index (χ1n) is 8.95. The van der Waals surface area contributed by atoms with Crippen LogP contribution in [0.3, 0.4) is 0 Å². The molecule has 3 aromatic rings. The maximum atomic E-state index is 12.3. The van der Waals surface area contributed by atoms with E-state index in [1.165, 1.54) is 4.90 Å². The third-order valence-electron chi connectivity index (χ3n) is 4.36. The van der Waals surface area contributed by atoms with Gasteiger partial charge in [-0.3, -0.25) is 4.79 Å². The van der Waals surface area contributed by atoms with Crippen LogP contribution < -0.4 is 9.47 Å². The van der Waals surface area contributed by atoms with Crippen LogP contribution in [-0.2, 0) is 4.79 Å². The zero-order valence-electron chi connectivity index (χ0n) is 15.8. The predicted molar refractivity (Wildman–Crippen MR) is 111 cm³/mol. The second kappa shape index (κ2) is 9.30. The third-order valence-corrected chi connectivity index (χ3v) is 4.62. The normalized spacial score (nSPS) is 10.6. The molecule has 150 valence electrons. The highest BCUT2D eigenvalue weighted by Gasteiger charge is 2.16. The monoisotopic (exact) mass is 413 g/mol. The van der Waals surface area contributed by atoms with Gasteiger partial charge in [0.2, 0.25) is 0 Å². The van der Waals surface area contributed by atoms with Crippen LogP contribution in [0.2, 0.25) is 5.02 Å². The standard InChI is InChI=1S/C22H20ClNO5/c1-24(10-11-28-18-8-6-17(23)7-9-18)21(25)14-29-20-13-16-5-3-2-4-15(16)12-19(20)22(26)27/h2-9,12-13H,10-11,14H2,1H3,(H,26,27). The van der Waals surface area contributed by atoms with E-state index in [0.717, 1.165) is 10.8 Å². The van der Waals surface area contributed by atoms with Gasteiger partial charge in [-0.1, -0.05) is 35.9 Å². The Balaban J connectivity index is 1.57. The Morgan fingerprint density at radius 1 is 1.00 bits per heavy atom. The number of likely N-dealkylation sites (N-methyl/N-ethyl adjacent to an activating group) is 1. The lowest BCUT2D eigenvalue weighted by atomic mass is 10.1. The van der Waals surface area contributed by atoms with Crippen LogP contribution in [0.1, 0.15) is 10.4 Å². The van der Waals surface area contributed by atoms with Gasteiger partial charge in [-0.05, 0) is 47.2 Å². The minimum absolute atomic E-state index is 0.0187. The van der Waals surface area contributed by atoms with Crippen molar-refractivity contribution in [2.45, 2.75) is 0 Å². The summed E-state index contributed by atoms with van der Waals surface area (Å²) in [5, 5.41) is 11.7. The van der Waals surface area contributed by atoms with Crippen LogP contribution in [0, 0.1) is 0 Å². The molecule has 0 unspecified atom stereocenters. The molecule has 3 rings (SSSR count). The minimum Gasteiger partial charge on any atom is -0.492 e. The Labute approximate surface area is 173 Å². The first kappa shape index (κ1) is 20.5. The average Bonchev–Trinajstić information content (AvgIpc) is 2.72. The van der Waals surface area contributed by atoms with E-state index in [1.807, 2.05) is 24.3 Å². The molecule has 3 aromatic carbocycles. The number of halogens is 1. The maximum Gasteiger partial charge on any atom is 0.339 e. The second-order valence-electron chi connectivity index (χ2n) is 6.41. The molecule has 0 spiro atoms. The molecule has 0 saturated heterocycles. The number of benzene rings is 3. The fourth-order valence-corrected chi connectivity index (χ4v) is 2.84. The van der Waals surface area contributed by atoms with Crippen molar-refractivity contribution in [1.29, 1.82) is 0 Å². The van der Waals surface area contributed by atoms with Crippen LogP contribution >= 0.6 is 11.6 Å². The summed E-state index contributed by atoms with van der Waals surface area (Å²) >= 11 is 5.83. The number of carboxylic acids is 1. The molecule has 6 nitrogen and oxygen atoms in total. The summed E-state index contributed by atoms with van der Waals surface area (Å²) in [5.41, 5.74) is 0.0187. The zero-order chi connectivity index (χ0) is 20.8. The van der Waals surface area contributed by atoms with E-state index in [1.54, 1.807) is 43.4 Å². The second-order valence-corrected chi connectivity index (χ2v) is 6.84. The molecule has 0 aliphatic carbocycles. The van der Waals surface area contributed by atoms with E-state index < -0.39 is 5.97 Å². The van der Waals surface area contributed by atoms with Crippen LogP contribution in [0.5, 0.6) is 11.5 Å². The minimum atomic E-state index is -1.11. The molecular formula is C22H20ClNO5. The van der Waals surface area contributed by atoms with Gasteiger partial charge in [0.25, 0.3) is 5.91 Å². The van der Waals surface area contributed by atoms with E-state index in [0.29, 0.717) is 23.9 Å². The Hall–Kier alpha value is -3.25. The van der Waals surface area contributed by atoms with E-state index in [9.17, 15) is 14.7 Å². The van der Waals surface area contributed by atoms with Crippen LogP contribution in [0.15, 0.2) is 60.7 Å². The van der Waals surface area contributed by atoms with Gasteiger partial charge in [0.1, 0.15) is 23.7 Å². The predicted octanol–water partition coefficient (Wildman–Crippen LogP) is 4.11. The average molecular weight is 414 g/mol. The Morgan fingerprint density at radius 3 is 2.31 bits per heavy atom. The Morgan fingerprint density at radius 2 is 1.66 bits per heavy atom. The molecule has 7 heteroatoms. The molecule has 0 radical (unpaired) electrons. The Kier molecular flexibility index (Phi) is 6.57. The topological polar surface area (TPSA) is 76.1 Å². The lowest BCUT2D eigenvalue weighted by Gasteiger charge is -2.18. The molecule has 0 fully saturated rings. The molecule has 0 atom stereocenters. The smallest absolute Gasteiger partial charge is 0.339 e. The van der Waals surface area contributed by atoms with Crippen LogP contribution in [0.4, 0.5) is 0 Å². The fourth-order valence-electron chi connectivity index (χ4n) is 2.71. The first-order chi connectivity index (χ1) is 13.9. The summed E-state index contributed by atoms with van der Waals surface area (Å²) in [7, 11) is 1.63. The van der Waals surface area contributed by atoms with Crippen molar-refractivity contribution in [3.8, 4) is 11.5 Å². The number of carbonyl (C=O) groups excluding carboxylic acids is 1. The highest BCUT2D eigenvalue weighted by atomic mass is 35.5. The van der Waals surface area contributed by atoms with Crippen molar-refractivity contribution in [3.63, 3.8) is 0 Å². The number of carboxylic acid groups (broad SMARTS) is 1. The number of ether oxygens (including phenoxy) is 2. The molecule has 29 heavy (non-hydrogen) atoms. The van der Waals surface area contributed by atoms with E-state index in [-0.39, 0.29) is 23.8 Å². The Bertz CT molecular complexity index is 1020. The van der Waals surface area contributed by atoms with Crippen molar-refractivity contribution in [1.82, 2.24) is 4.90 Å². The number of amides is 1. The lowest BCUT2D eigenvalue weighted by molar-refractivity contribution is -0.132. The molecule has 1 amide bonds. The largest absolute Gasteiger partial charge is 0.492 e. The zero-order valence-corrected chi connectivity index (χ0v) is 16.6. The van der Waals surface area contributed by atoms with Gasteiger partial charge in [0.15, 0.2) is 6.61 Å². The molecule has 0 aromatic heterocycles. The van der Waals surface area contributed by atoms with Gasteiger partial charge in [-0.15, -0.1) is 0 Å². The fraction of sp³-hybridized carbons (Fsp3) is 0.182.